The molecule has 0 aromatic heterocycles. The Balaban J connectivity index is 1.89. The van der Waals surface area contributed by atoms with E-state index >= 15 is 0 Å². The van der Waals surface area contributed by atoms with E-state index in [1.807, 2.05) is 0 Å². The molecular weight excluding hydrogens is 244 g/mol. The molecule has 2 rings (SSSR count). The van der Waals surface area contributed by atoms with Crippen LogP contribution >= 0.6 is 0 Å². The summed E-state index contributed by atoms with van der Waals surface area (Å²) in [5, 5.41) is 3.54. The quantitative estimate of drug-likeness (QED) is 0.820. The summed E-state index contributed by atoms with van der Waals surface area (Å²) in [4.78, 5) is 2.70. The van der Waals surface area contributed by atoms with Crippen molar-refractivity contribution in [2.75, 3.05) is 26.2 Å². The molecule has 0 bridgehead atoms. The molecule has 1 aliphatic heterocycles. The van der Waals surface area contributed by atoms with Gasteiger partial charge in [0.2, 0.25) is 0 Å². The van der Waals surface area contributed by atoms with Crippen molar-refractivity contribution < 1.29 is 0 Å². The molecule has 2 nitrogen and oxygen atoms in total. The molecule has 1 N–H and O–H groups in total. The van der Waals surface area contributed by atoms with Gasteiger partial charge in [-0.15, -0.1) is 0 Å². The molecule has 20 heavy (non-hydrogen) atoms. The summed E-state index contributed by atoms with van der Waals surface area (Å²) in [5.74, 6) is 0.841. The summed E-state index contributed by atoms with van der Waals surface area (Å²) in [6, 6.07) is 11.5. The Morgan fingerprint density at radius 3 is 2.75 bits per heavy atom. The molecule has 1 aliphatic rings. The number of nitrogens with zero attached hydrogens (tertiary/aromatic N) is 1. The van der Waals surface area contributed by atoms with Crippen LogP contribution in [-0.4, -0.2) is 37.1 Å². The molecule has 0 radical (unpaired) electrons. The molecule has 1 fully saturated rings. The van der Waals surface area contributed by atoms with Crippen LogP contribution in [0.15, 0.2) is 30.3 Å². The molecule has 112 valence electrons. The third kappa shape index (κ3) is 4.92. The van der Waals surface area contributed by atoms with Gasteiger partial charge in [0.05, 0.1) is 0 Å². The monoisotopic (exact) mass is 274 g/mol. The number of nitrogens with one attached hydrogen (secondary N) is 1. The summed E-state index contributed by atoms with van der Waals surface area (Å²) in [6.45, 7) is 9.59. The van der Waals surface area contributed by atoms with Crippen LogP contribution in [0.3, 0.4) is 0 Å². The van der Waals surface area contributed by atoms with E-state index in [1.165, 1.54) is 57.4 Å². The minimum absolute atomic E-state index is 0.638. The molecule has 0 spiro atoms. The first-order valence-electron chi connectivity index (χ1n) is 8.28. The maximum absolute atomic E-state index is 3.54. The van der Waals surface area contributed by atoms with Crippen LogP contribution < -0.4 is 5.32 Å². The fraction of sp³-hybridized carbons (Fsp3) is 0.667. The first-order valence-corrected chi connectivity index (χ1v) is 8.28. The van der Waals surface area contributed by atoms with Crippen LogP contribution in [0.5, 0.6) is 0 Å². The second kappa shape index (κ2) is 8.43. The van der Waals surface area contributed by atoms with Gasteiger partial charge in [0, 0.05) is 12.6 Å². The zero-order chi connectivity index (χ0) is 14.2. The number of benzene rings is 1. The molecular formula is C18H30N2. The van der Waals surface area contributed by atoms with Crippen LogP contribution in [0.4, 0.5) is 0 Å². The van der Waals surface area contributed by atoms with Crippen molar-refractivity contribution in [3.05, 3.63) is 35.9 Å². The number of piperidine rings is 1. The lowest BCUT2D eigenvalue weighted by atomic mass is 9.97. The molecule has 0 amide bonds. The van der Waals surface area contributed by atoms with E-state index in [-0.39, 0.29) is 0 Å². The number of rotatable bonds is 7. The second-order valence-electron chi connectivity index (χ2n) is 6.25. The topological polar surface area (TPSA) is 15.3 Å². The number of hydrogen-bond acceptors (Lipinski definition) is 2. The first-order chi connectivity index (χ1) is 9.79. The van der Waals surface area contributed by atoms with Gasteiger partial charge < -0.3 is 10.2 Å². The SMILES string of the molecule is CCCN(CC1CCCNC1)C(C)Cc1ccccc1. The van der Waals surface area contributed by atoms with Crippen molar-refractivity contribution in [2.24, 2.45) is 5.92 Å². The van der Waals surface area contributed by atoms with Crippen LogP contribution in [0.1, 0.15) is 38.7 Å². The van der Waals surface area contributed by atoms with E-state index in [9.17, 15) is 0 Å². The van der Waals surface area contributed by atoms with E-state index in [2.05, 4.69) is 54.4 Å². The van der Waals surface area contributed by atoms with Crippen molar-refractivity contribution in [3.8, 4) is 0 Å². The highest BCUT2D eigenvalue weighted by Gasteiger charge is 2.20. The predicted octanol–water partition coefficient (Wildman–Crippen LogP) is 3.33. The zero-order valence-corrected chi connectivity index (χ0v) is 13.1. The van der Waals surface area contributed by atoms with E-state index in [0.717, 1.165) is 5.92 Å². The molecule has 1 heterocycles. The molecule has 1 saturated heterocycles. The molecule has 2 unspecified atom stereocenters. The molecule has 1 aromatic carbocycles. The van der Waals surface area contributed by atoms with Crippen molar-refractivity contribution in [1.29, 1.82) is 0 Å². The molecule has 1 aromatic rings. The van der Waals surface area contributed by atoms with Gasteiger partial charge in [-0.05, 0) is 63.7 Å². The minimum atomic E-state index is 0.638. The average molecular weight is 274 g/mol. The smallest absolute Gasteiger partial charge is 0.0107 e. The van der Waals surface area contributed by atoms with Crippen molar-refractivity contribution in [2.45, 2.75) is 45.6 Å². The van der Waals surface area contributed by atoms with Gasteiger partial charge in [-0.2, -0.15) is 0 Å². The van der Waals surface area contributed by atoms with Crippen LogP contribution in [-0.2, 0) is 6.42 Å². The van der Waals surface area contributed by atoms with Crippen molar-refractivity contribution in [1.82, 2.24) is 10.2 Å². The Morgan fingerprint density at radius 1 is 1.30 bits per heavy atom. The zero-order valence-electron chi connectivity index (χ0n) is 13.1. The maximum Gasteiger partial charge on any atom is 0.0107 e. The van der Waals surface area contributed by atoms with Gasteiger partial charge >= 0.3 is 0 Å². The lowest BCUT2D eigenvalue weighted by Crippen LogP contribution is -2.43. The Kier molecular flexibility index (Phi) is 6.55. The van der Waals surface area contributed by atoms with Crippen LogP contribution in [0.25, 0.3) is 0 Å². The largest absolute Gasteiger partial charge is 0.316 e. The highest BCUT2D eigenvalue weighted by atomic mass is 15.2. The van der Waals surface area contributed by atoms with Crippen molar-refractivity contribution >= 4 is 0 Å². The summed E-state index contributed by atoms with van der Waals surface area (Å²) >= 11 is 0. The van der Waals surface area contributed by atoms with Crippen LogP contribution in [0, 0.1) is 5.92 Å². The molecule has 2 heteroatoms. The van der Waals surface area contributed by atoms with Gasteiger partial charge in [-0.1, -0.05) is 37.3 Å². The fourth-order valence-corrected chi connectivity index (χ4v) is 3.27. The lowest BCUT2D eigenvalue weighted by molar-refractivity contribution is 0.161. The summed E-state index contributed by atoms with van der Waals surface area (Å²) in [5.41, 5.74) is 1.46. The second-order valence-corrected chi connectivity index (χ2v) is 6.25. The van der Waals surface area contributed by atoms with Gasteiger partial charge in [0.15, 0.2) is 0 Å². The van der Waals surface area contributed by atoms with E-state index in [4.69, 9.17) is 0 Å². The standard InChI is InChI=1S/C18H30N2/c1-3-12-20(15-18-10-7-11-19-14-18)16(2)13-17-8-5-4-6-9-17/h4-6,8-9,16,18-19H,3,7,10-15H2,1-2H3. The third-order valence-electron chi connectivity index (χ3n) is 4.40. The van der Waals surface area contributed by atoms with Gasteiger partial charge in [0.25, 0.3) is 0 Å². The Bertz CT molecular complexity index is 357. The van der Waals surface area contributed by atoms with Crippen LogP contribution in [0.2, 0.25) is 0 Å². The summed E-state index contributed by atoms with van der Waals surface area (Å²) < 4.78 is 0. The number of hydrogen-bond donors (Lipinski definition) is 1. The Labute approximate surface area is 124 Å². The first kappa shape index (κ1) is 15.5. The van der Waals surface area contributed by atoms with Gasteiger partial charge in [-0.25, -0.2) is 0 Å². The minimum Gasteiger partial charge on any atom is -0.316 e. The van der Waals surface area contributed by atoms with Gasteiger partial charge in [0.1, 0.15) is 0 Å². The third-order valence-corrected chi connectivity index (χ3v) is 4.40. The van der Waals surface area contributed by atoms with Gasteiger partial charge in [-0.3, -0.25) is 0 Å². The Morgan fingerprint density at radius 2 is 2.10 bits per heavy atom. The van der Waals surface area contributed by atoms with E-state index in [0.29, 0.717) is 6.04 Å². The summed E-state index contributed by atoms with van der Waals surface area (Å²) in [6.07, 6.45) is 5.16. The highest BCUT2D eigenvalue weighted by molar-refractivity contribution is 5.15. The maximum atomic E-state index is 3.54. The predicted molar refractivity (Wildman–Crippen MR) is 87.1 cm³/mol. The normalized spacial score (nSPS) is 21.1. The average Bonchev–Trinajstić information content (AvgIpc) is 2.49. The van der Waals surface area contributed by atoms with E-state index < -0.39 is 0 Å². The molecule has 0 saturated carbocycles. The lowest BCUT2D eigenvalue weighted by Gasteiger charge is -2.34. The molecule has 0 aliphatic carbocycles. The summed E-state index contributed by atoms with van der Waals surface area (Å²) in [7, 11) is 0. The highest BCUT2D eigenvalue weighted by Crippen LogP contribution is 2.16. The van der Waals surface area contributed by atoms with Crippen molar-refractivity contribution in [3.63, 3.8) is 0 Å². The fourth-order valence-electron chi connectivity index (χ4n) is 3.27. The molecule has 2 atom stereocenters. The van der Waals surface area contributed by atoms with E-state index in [1.54, 1.807) is 0 Å². The Hall–Kier alpha value is -0.860.